The summed E-state index contributed by atoms with van der Waals surface area (Å²) in [6.07, 6.45) is -3.67. The molecule has 1 aromatic carbocycles. The summed E-state index contributed by atoms with van der Waals surface area (Å²) in [6.45, 7) is 2.41. The van der Waals surface area contributed by atoms with Gasteiger partial charge in [0.2, 0.25) is 0 Å². The van der Waals surface area contributed by atoms with Crippen LogP contribution in [0.5, 0.6) is 0 Å². The number of halogens is 4. The van der Waals surface area contributed by atoms with Gasteiger partial charge in [-0.1, -0.05) is 11.6 Å². The van der Waals surface area contributed by atoms with Gasteiger partial charge < -0.3 is 5.32 Å². The molecule has 20 heavy (non-hydrogen) atoms. The molecule has 0 fully saturated rings. The van der Waals surface area contributed by atoms with Gasteiger partial charge in [0.15, 0.2) is 0 Å². The summed E-state index contributed by atoms with van der Waals surface area (Å²) < 4.78 is 37.9. The molecule has 0 aliphatic rings. The molecule has 1 heterocycles. The lowest BCUT2D eigenvalue weighted by Gasteiger charge is -2.12. The van der Waals surface area contributed by atoms with E-state index >= 15 is 0 Å². The maximum Gasteiger partial charge on any atom is 0.416 e. The zero-order valence-corrected chi connectivity index (χ0v) is 12.2. The van der Waals surface area contributed by atoms with Gasteiger partial charge in [0.1, 0.15) is 0 Å². The van der Waals surface area contributed by atoms with Crippen LogP contribution in [0.4, 0.5) is 18.9 Å². The second-order valence-electron chi connectivity index (χ2n) is 4.23. The molecule has 2 rings (SSSR count). The summed E-state index contributed by atoms with van der Waals surface area (Å²) in [7, 11) is 0. The highest BCUT2D eigenvalue weighted by Gasteiger charge is 2.30. The molecule has 0 aliphatic carbocycles. The van der Waals surface area contributed by atoms with E-state index in [1.807, 2.05) is 6.92 Å². The van der Waals surface area contributed by atoms with Crippen molar-refractivity contribution >= 4 is 28.6 Å². The first-order valence-corrected chi connectivity index (χ1v) is 7.13. The molecular weight excluding hydrogens is 309 g/mol. The summed E-state index contributed by atoms with van der Waals surface area (Å²) in [5.74, 6) is 0. The fourth-order valence-corrected chi connectivity index (χ4v) is 2.68. The summed E-state index contributed by atoms with van der Waals surface area (Å²) in [5, 5.41) is 3.21. The van der Waals surface area contributed by atoms with Crippen LogP contribution in [0.15, 0.2) is 23.7 Å². The Balaban J connectivity index is 2.04. The number of benzene rings is 1. The van der Waals surface area contributed by atoms with E-state index in [9.17, 15) is 13.2 Å². The molecule has 0 spiro atoms. The summed E-state index contributed by atoms with van der Waals surface area (Å²) >= 11 is 7.43. The van der Waals surface area contributed by atoms with Crippen LogP contribution in [-0.2, 0) is 12.6 Å². The van der Waals surface area contributed by atoms with Crippen LogP contribution in [0.25, 0.3) is 0 Å². The van der Waals surface area contributed by atoms with Crippen molar-refractivity contribution in [2.75, 3.05) is 11.9 Å². The zero-order chi connectivity index (χ0) is 14.8. The van der Waals surface area contributed by atoms with Gasteiger partial charge in [-0.3, -0.25) is 0 Å². The lowest BCUT2D eigenvalue weighted by molar-refractivity contribution is -0.137. The van der Waals surface area contributed by atoms with E-state index in [0.717, 1.165) is 22.7 Å². The summed E-state index contributed by atoms with van der Waals surface area (Å²) in [6, 6.07) is 3.26. The lowest BCUT2D eigenvalue weighted by atomic mass is 10.2. The number of thiazole rings is 1. The van der Waals surface area contributed by atoms with Crippen LogP contribution in [0.1, 0.15) is 16.1 Å². The van der Waals surface area contributed by atoms with E-state index < -0.39 is 11.7 Å². The predicted molar refractivity (Wildman–Crippen MR) is 75.5 cm³/mol. The minimum absolute atomic E-state index is 0.277. The average Bonchev–Trinajstić information content (AvgIpc) is 2.76. The number of nitrogens with zero attached hydrogens (tertiary/aromatic N) is 1. The van der Waals surface area contributed by atoms with E-state index in [4.69, 9.17) is 11.6 Å². The number of nitrogens with one attached hydrogen (secondary N) is 1. The van der Waals surface area contributed by atoms with Crippen molar-refractivity contribution < 1.29 is 13.2 Å². The highest BCUT2D eigenvalue weighted by Crippen LogP contribution is 2.33. The molecule has 1 N–H and O–H groups in total. The Bertz CT molecular complexity index is 596. The van der Waals surface area contributed by atoms with E-state index in [-0.39, 0.29) is 5.02 Å². The van der Waals surface area contributed by atoms with Crippen molar-refractivity contribution in [1.29, 1.82) is 0 Å². The van der Waals surface area contributed by atoms with E-state index in [2.05, 4.69) is 10.3 Å². The van der Waals surface area contributed by atoms with Crippen LogP contribution in [-0.4, -0.2) is 11.5 Å². The molecule has 0 bridgehead atoms. The molecule has 0 atom stereocenters. The van der Waals surface area contributed by atoms with Crippen molar-refractivity contribution in [1.82, 2.24) is 4.98 Å². The SMILES string of the molecule is Cc1ncsc1CCNc1cc(C(F)(F)F)ccc1Cl. The molecule has 0 amide bonds. The van der Waals surface area contributed by atoms with Crippen LogP contribution in [0, 0.1) is 6.92 Å². The largest absolute Gasteiger partial charge is 0.416 e. The monoisotopic (exact) mass is 320 g/mol. The molecule has 108 valence electrons. The van der Waals surface area contributed by atoms with Gasteiger partial charge in [0, 0.05) is 17.8 Å². The quantitative estimate of drug-likeness (QED) is 0.877. The minimum atomic E-state index is -4.37. The van der Waals surface area contributed by atoms with Crippen molar-refractivity contribution in [2.45, 2.75) is 19.5 Å². The molecule has 0 radical (unpaired) electrons. The first-order valence-electron chi connectivity index (χ1n) is 5.87. The number of hydrogen-bond acceptors (Lipinski definition) is 3. The second kappa shape index (κ2) is 6.01. The maximum atomic E-state index is 12.6. The molecule has 0 unspecified atom stereocenters. The third kappa shape index (κ3) is 3.64. The van der Waals surface area contributed by atoms with Crippen molar-refractivity contribution in [3.63, 3.8) is 0 Å². The van der Waals surface area contributed by atoms with Crippen LogP contribution < -0.4 is 5.32 Å². The standard InChI is InChI=1S/C13H12ClF3N2S/c1-8-12(20-7-19-8)4-5-18-11-6-9(13(15,16)17)2-3-10(11)14/h2-3,6-7,18H,4-5H2,1H3. The molecule has 0 saturated heterocycles. The van der Waals surface area contributed by atoms with Crippen molar-refractivity contribution in [3.8, 4) is 0 Å². The normalized spacial score (nSPS) is 11.7. The van der Waals surface area contributed by atoms with Gasteiger partial charge in [0.05, 0.1) is 27.5 Å². The topological polar surface area (TPSA) is 24.9 Å². The molecule has 7 heteroatoms. The molecule has 2 nitrogen and oxygen atoms in total. The highest BCUT2D eigenvalue weighted by molar-refractivity contribution is 7.09. The Kier molecular flexibility index (Phi) is 4.55. The Morgan fingerprint density at radius 2 is 2.10 bits per heavy atom. The molecule has 0 saturated carbocycles. The van der Waals surface area contributed by atoms with Gasteiger partial charge in [-0.15, -0.1) is 11.3 Å². The smallest absolute Gasteiger partial charge is 0.383 e. The van der Waals surface area contributed by atoms with Gasteiger partial charge in [-0.05, 0) is 25.1 Å². The Morgan fingerprint density at radius 1 is 1.35 bits per heavy atom. The summed E-state index contributed by atoms with van der Waals surface area (Å²) in [5.41, 5.74) is 2.29. The first kappa shape index (κ1) is 15.1. The fourth-order valence-electron chi connectivity index (χ4n) is 1.71. The zero-order valence-electron chi connectivity index (χ0n) is 10.6. The van der Waals surface area contributed by atoms with Gasteiger partial charge >= 0.3 is 6.18 Å². The number of alkyl halides is 3. The van der Waals surface area contributed by atoms with Crippen LogP contribution in [0.3, 0.4) is 0 Å². The van der Waals surface area contributed by atoms with E-state index in [1.54, 1.807) is 5.51 Å². The minimum Gasteiger partial charge on any atom is -0.383 e. The predicted octanol–water partition coefficient (Wildman–Crippen LogP) is 4.78. The third-order valence-electron chi connectivity index (χ3n) is 2.81. The van der Waals surface area contributed by atoms with Gasteiger partial charge in [-0.2, -0.15) is 13.2 Å². The lowest BCUT2D eigenvalue weighted by Crippen LogP contribution is -2.09. The number of aromatic nitrogens is 1. The Hall–Kier alpha value is -1.27. The number of hydrogen-bond donors (Lipinski definition) is 1. The van der Waals surface area contributed by atoms with Gasteiger partial charge in [0.25, 0.3) is 0 Å². The van der Waals surface area contributed by atoms with E-state index in [0.29, 0.717) is 18.7 Å². The summed E-state index contributed by atoms with van der Waals surface area (Å²) in [4.78, 5) is 5.23. The Morgan fingerprint density at radius 3 is 2.70 bits per heavy atom. The fraction of sp³-hybridized carbons (Fsp3) is 0.308. The molecule has 1 aromatic heterocycles. The maximum absolute atomic E-state index is 12.6. The van der Waals surface area contributed by atoms with Crippen molar-refractivity contribution in [2.24, 2.45) is 0 Å². The number of anilines is 1. The number of rotatable bonds is 4. The average molecular weight is 321 g/mol. The molecule has 2 aromatic rings. The second-order valence-corrected chi connectivity index (χ2v) is 5.58. The van der Waals surface area contributed by atoms with Crippen LogP contribution in [0.2, 0.25) is 5.02 Å². The van der Waals surface area contributed by atoms with Crippen LogP contribution >= 0.6 is 22.9 Å². The molecular formula is C13H12ClF3N2S. The highest BCUT2D eigenvalue weighted by atomic mass is 35.5. The first-order chi connectivity index (χ1) is 9.38. The van der Waals surface area contributed by atoms with Crippen molar-refractivity contribution in [3.05, 3.63) is 44.9 Å². The van der Waals surface area contributed by atoms with E-state index in [1.165, 1.54) is 17.4 Å². The number of aryl methyl sites for hydroxylation is 1. The van der Waals surface area contributed by atoms with Gasteiger partial charge in [-0.25, -0.2) is 4.98 Å². The molecule has 0 aliphatic heterocycles. The Labute approximate surface area is 123 Å². The third-order valence-corrected chi connectivity index (χ3v) is 4.13.